The van der Waals surface area contributed by atoms with E-state index >= 15 is 0 Å². The van der Waals surface area contributed by atoms with Crippen LogP contribution >= 0.6 is 0 Å². The molecule has 2 aliphatic heterocycles. The van der Waals surface area contributed by atoms with Crippen LogP contribution in [-0.4, -0.2) is 35.2 Å². The Kier molecular flexibility index (Phi) is 3.80. The first kappa shape index (κ1) is 15.5. The maximum absolute atomic E-state index is 12.7. The Morgan fingerprint density at radius 1 is 1.12 bits per heavy atom. The first-order chi connectivity index (χ1) is 12.1. The Labute approximate surface area is 144 Å². The highest BCUT2D eigenvalue weighted by Crippen LogP contribution is 2.33. The standard InChI is InChI=1S/C19H17NO5/c21-18(8-12-5-6-16-17(7-12)25-11-24-16)20-9-13-3-1-2-4-14(13)15(10-20)19(22)23/h1-7,15H,8-11H2,(H,22,23). The average molecular weight is 339 g/mol. The van der Waals surface area contributed by atoms with Gasteiger partial charge in [-0.2, -0.15) is 0 Å². The van der Waals surface area contributed by atoms with E-state index in [-0.39, 0.29) is 25.7 Å². The van der Waals surface area contributed by atoms with Crippen molar-refractivity contribution in [2.75, 3.05) is 13.3 Å². The van der Waals surface area contributed by atoms with E-state index in [2.05, 4.69) is 0 Å². The van der Waals surface area contributed by atoms with Crippen LogP contribution in [0.1, 0.15) is 22.6 Å². The third-order valence-corrected chi connectivity index (χ3v) is 4.64. The van der Waals surface area contributed by atoms with Gasteiger partial charge in [-0.05, 0) is 28.8 Å². The fourth-order valence-corrected chi connectivity index (χ4v) is 3.35. The number of ether oxygens (including phenoxy) is 2. The Balaban J connectivity index is 1.54. The van der Waals surface area contributed by atoms with Crippen molar-refractivity contribution in [1.82, 2.24) is 4.90 Å². The zero-order valence-electron chi connectivity index (χ0n) is 13.5. The highest BCUT2D eigenvalue weighted by Gasteiger charge is 2.32. The van der Waals surface area contributed by atoms with Gasteiger partial charge in [-0.3, -0.25) is 9.59 Å². The summed E-state index contributed by atoms with van der Waals surface area (Å²) < 4.78 is 10.6. The second-order valence-corrected chi connectivity index (χ2v) is 6.23. The molecule has 0 saturated carbocycles. The lowest BCUT2D eigenvalue weighted by atomic mass is 9.89. The minimum Gasteiger partial charge on any atom is -0.481 e. The molecular weight excluding hydrogens is 322 g/mol. The summed E-state index contributed by atoms with van der Waals surface area (Å²) in [6, 6.07) is 12.8. The van der Waals surface area contributed by atoms with E-state index in [1.165, 1.54) is 0 Å². The first-order valence-electron chi connectivity index (χ1n) is 8.09. The molecule has 128 valence electrons. The van der Waals surface area contributed by atoms with Crippen LogP contribution in [-0.2, 0) is 22.6 Å². The van der Waals surface area contributed by atoms with Crippen molar-refractivity contribution in [3.63, 3.8) is 0 Å². The van der Waals surface area contributed by atoms with Gasteiger partial charge in [0, 0.05) is 13.1 Å². The van der Waals surface area contributed by atoms with Crippen LogP contribution < -0.4 is 9.47 Å². The fourth-order valence-electron chi connectivity index (χ4n) is 3.35. The third kappa shape index (κ3) is 2.91. The number of amides is 1. The zero-order chi connectivity index (χ0) is 17.4. The molecule has 4 rings (SSSR count). The molecule has 0 aliphatic carbocycles. The molecular formula is C19H17NO5. The number of rotatable bonds is 3. The minimum absolute atomic E-state index is 0.0976. The number of hydrogen-bond donors (Lipinski definition) is 1. The molecule has 2 aliphatic rings. The Morgan fingerprint density at radius 2 is 1.92 bits per heavy atom. The molecule has 2 aromatic carbocycles. The summed E-state index contributed by atoms with van der Waals surface area (Å²) in [5.74, 6) is -0.384. The number of benzene rings is 2. The molecule has 0 bridgehead atoms. The number of nitrogens with zero attached hydrogens (tertiary/aromatic N) is 1. The largest absolute Gasteiger partial charge is 0.481 e. The smallest absolute Gasteiger partial charge is 0.312 e. The van der Waals surface area contributed by atoms with E-state index in [0.29, 0.717) is 18.0 Å². The predicted molar refractivity (Wildman–Crippen MR) is 88.5 cm³/mol. The number of hydrogen-bond acceptors (Lipinski definition) is 4. The second kappa shape index (κ2) is 6.12. The van der Waals surface area contributed by atoms with E-state index in [4.69, 9.17) is 9.47 Å². The lowest BCUT2D eigenvalue weighted by Crippen LogP contribution is -2.41. The molecule has 6 heteroatoms. The topological polar surface area (TPSA) is 76.1 Å². The number of carbonyl (C=O) groups is 2. The molecule has 1 N–H and O–H groups in total. The Bertz CT molecular complexity index is 847. The van der Waals surface area contributed by atoms with Crippen molar-refractivity contribution < 1.29 is 24.2 Å². The number of aliphatic carboxylic acids is 1. The molecule has 2 heterocycles. The molecule has 1 atom stereocenters. The molecule has 2 aromatic rings. The maximum atomic E-state index is 12.7. The normalized spacial score (nSPS) is 17.9. The van der Waals surface area contributed by atoms with E-state index in [9.17, 15) is 14.7 Å². The lowest BCUT2D eigenvalue weighted by molar-refractivity contribution is -0.141. The van der Waals surface area contributed by atoms with Crippen LogP contribution in [0.4, 0.5) is 0 Å². The van der Waals surface area contributed by atoms with Crippen LogP contribution in [0.3, 0.4) is 0 Å². The van der Waals surface area contributed by atoms with Crippen LogP contribution in [0.25, 0.3) is 0 Å². The van der Waals surface area contributed by atoms with E-state index in [0.717, 1.165) is 16.7 Å². The third-order valence-electron chi connectivity index (χ3n) is 4.64. The number of carboxylic acid groups (broad SMARTS) is 1. The zero-order valence-corrected chi connectivity index (χ0v) is 13.5. The van der Waals surface area contributed by atoms with Crippen LogP contribution in [0.15, 0.2) is 42.5 Å². The SMILES string of the molecule is O=C(O)C1CN(C(=O)Cc2ccc3c(c2)OCO3)Cc2ccccc21. The monoisotopic (exact) mass is 339 g/mol. The molecule has 1 amide bonds. The number of carboxylic acids is 1. The Hall–Kier alpha value is -3.02. The summed E-state index contributed by atoms with van der Waals surface area (Å²) in [6.45, 7) is 0.814. The highest BCUT2D eigenvalue weighted by molar-refractivity contribution is 5.83. The van der Waals surface area contributed by atoms with Gasteiger partial charge in [0.1, 0.15) is 0 Å². The summed E-state index contributed by atoms with van der Waals surface area (Å²) in [4.78, 5) is 25.9. The predicted octanol–water partition coefficient (Wildman–Crippen LogP) is 2.17. The van der Waals surface area contributed by atoms with Gasteiger partial charge in [-0.25, -0.2) is 0 Å². The molecule has 25 heavy (non-hydrogen) atoms. The molecule has 0 fully saturated rings. The Morgan fingerprint density at radius 3 is 2.76 bits per heavy atom. The van der Waals surface area contributed by atoms with Crippen molar-refractivity contribution in [3.05, 3.63) is 59.2 Å². The second-order valence-electron chi connectivity index (χ2n) is 6.23. The highest BCUT2D eigenvalue weighted by atomic mass is 16.7. The van der Waals surface area contributed by atoms with Gasteiger partial charge >= 0.3 is 5.97 Å². The fraction of sp³-hybridized carbons (Fsp3) is 0.263. The van der Waals surface area contributed by atoms with Gasteiger partial charge in [0.15, 0.2) is 11.5 Å². The van der Waals surface area contributed by atoms with Crippen molar-refractivity contribution in [2.45, 2.75) is 18.9 Å². The summed E-state index contributed by atoms with van der Waals surface area (Å²) in [7, 11) is 0. The summed E-state index contributed by atoms with van der Waals surface area (Å²) in [5, 5.41) is 9.51. The van der Waals surface area contributed by atoms with Crippen molar-refractivity contribution >= 4 is 11.9 Å². The maximum Gasteiger partial charge on any atom is 0.312 e. The van der Waals surface area contributed by atoms with Crippen LogP contribution in [0.2, 0.25) is 0 Å². The van der Waals surface area contributed by atoms with Gasteiger partial charge in [0.2, 0.25) is 12.7 Å². The van der Waals surface area contributed by atoms with Gasteiger partial charge in [-0.1, -0.05) is 30.3 Å². The average Bonchev–Trinajstić information content (AvgIpc) is 3.08. The van der Waals surface area contributed by atoms with Crippen LogP contribution in [0, 0.1) is 0 Å². The van der Waals surface area contributed by atoms with Gasteiger partial charge < -0.3 is 19.5 Å². The van der Waals surface area contributed by atoms with Gasteiger partial charge in [-0.15, -0.1) is 0 Å². The molecule has 0 spiro atoms. The lowest BCUT2D eigenvalue weighted by Gasteiger charge is -2.33. The van der Waals surface area contributed by atoms with E-state index in [1.807, 2.05) is 30.3 Å². The molecule has 0 saturated heterocycles. The molecule has 6 nitrogen and oxygen atoms in total. The summed E-state index contributed by atoms with van der Waals surface area (Å²) in [6.07, 6.45) is 0.200. The molecule has 1 unspecified atom stereocenters. The summed E-state index contributed by atoms with van der Waals surface area (Å²) in [5.41, 5.74) is 2.50. The molecule has 0 aromatic heterocycles. The van der Waals surface area contributed by atoms with Gasteiger partial charge in [0.05, 0.1) is 12.3 Å². The van der Waals surface area contributed by atoms with Crippen molar-refractivity contribution in [3.8, 4) is 11.5 Å². The van der Waals surface area contributed by atoms with Gasteiger partial charge in [0.25, 0.3) is 0 Å². The van der Waals surface area contributed by atoms with E-state index < -0.39 is 11.9 Å². The number of fused-ring (bicyclic) bond motifs is 2. The van der Waals surface area contributed by atoms with Crippen molar-refractivity contribution in [2.24, 2.45) is 0 Å². The van der Waals surface area contributed by atoms with Crippen LogP contribution in [0.5, 0.6) is 11.5 Å². The van der Waals surface area contributed by atoms with Crippen molar-refractivity contribution in [1.29, 1.82) is 0 Å². The summed E-state index contributed by atoms with van der Waals surface area (Å²) >= 11 is 0. The molecule has 0 radical (unpaired) electrons. The minimum atomic E-state index is -0.909. The number of carbonyl (C=O) groups excluding carboxylic acids is 1. The quantitative estimate of drug-likeness (QED) is 0.927. The first-order valence-corrected chi connectivity index (χ1v) is 8.09. The van der Waals surface area contributed by atoms with E-state index in [1.54, 1.807) is 17.0 Å².